The van der Waals surface area contributed by atoms with Gasteiger partial charge in [-0.25, -0.2) is 0 Å². The van der Waals surface area contributed by atoms with E-state index in [1.54, 1.807) is 24.9 Å². The van der Waals surface area contributed by atoms with E-state index in [2.05, 4.69) is 5.32 Å². The van der Waals surface area contributed by atoms with Crippen LogP contribution in [0.5, 0.6) is 5.75 Å². The van der Waals surface area contributed by atoms with Crippen molar-refractivity contribution in [3.63, 3.8) is 0 Å². The lowest BCUT2D eigenvalue weighted by Crippen LogP contribution is -2.28. The van der Waals surface area contributed by atoms with Crippen molar-refractivity contribution in [2.24, 2.45) is 7.05 Å². The lowest BCUT2D eigenvalue weighted by Gasteiger charge is -2.05. The number of nitrogens with two attached hydrogens (primary N) is 1. The highest BCUT2D eigenvalue weighted by atomic mass is 16.5. The fraction of sp³-hybridized carbons (Fsp3) is 0.312. The second kappa shape index (κ2) is 7.00. The molecule has 1 heterocycles. The summed E-state index contributed by atoms with van der Waals surface area (Å²) in [6, 6.07) is 7.32. The van der Waals surface area contributed by atoms with Crippen molar-refractivity contribution >= 4 is 11.6 Å². The van der Waals surface area contributed by atoms with Crippen LogP contribution in [-0.4, -0.2) is 37.8 Å². The summed E-state index contributed by atoms with van der Waals surface area (Å²) in [7, 11) is 5.02. The number of benzene rings is 1. The maximum atomic E-state index is 12.1. The van der Waals surface area contributed by atoms with Gasteiger partial charge in [0, 0.05) is 44.2 Å². The van der Waals surface area contributed by atoms with Crippen LogP contribution in [0.15, 0.2) is 30.5 Å². The maximum absolute atomic E-state index is 12.1. The Hall–Kier alpha value is -2.47. The average molecular weight is 303 g/mol. The monoisotopic (exact) mass is 303 g/mol. The molecular formula is C16H21N3O3. The summed E-state index contributed by atoms with van der Waals surface area (Å²) in [5.74, 6) is 0.548. The van der Waals surface area contributed by atoms with E-state index in [1.807, 2.05) is 31.4 Å². The van der Waals surface area contributed by atoms with Crippen molar-refractivity contribution in [2.75, 3.05) is 33.1 Å². The van der Waals surface area contributed by atoms with Gasteiger partial charge in [0.1, 0.15) is 11.4 Å². The minimum atomic E-state index is -0.137. The topological polar surface area (TPSA) is 78.5 Å². The maximum Gasteiger partial charge on any atom is 0.267 e. The number of methoxy groups -OCH3 is 2. The van der Waals surface area contributed by atoms with E-state index in [0.717, 1.165) is 11.1 Å². The summed E-state index contributed by atoms with van der Waals surface area (Å²) in [6.07, 6.45) is 1.89. The molecule has 0 aliphatic carbocycles. The number of rotatable bonds is 6. The van der Waals surface area contributed by atoms with E-state index in [9.17, 15) is 4.79 Å². The largest absolute Gasteiger partial charge is 0.497 e. The highest BCUT2D eigenvalue weighted by molar-refractivity contribution is 5.94. The minimum absolute atomic E-state index is 0.137. The number of nitrogens with one attached hydrogen (secondary N) is 1. The first-order chi connectivity index (χ1) is 10.5. The summed E-state index contributed by atoms with van der Waals surface area (Å²) >= 11 is 0. The minimum Gasteiger partial charge on any atom is -0.497 e. The van der Waals surface area contributed by atoms with E-state index in [-0.39, 0.29) is 5.91 Å². The number of amides is 1. The Morgan fingerprint density at radius 2 is 2.00 bits per heavy atom. The Balaban J connectivity index is 2.25. The van der Waals surface area contributed by atoms with Crippen LogP contribution in [0.25, 0.3) is 11.1 Å². The van der Waals surface area contributed by atoms with E-state index >= 15 is 0 Å². The first-order valence-corrected chi connectivity index (χ1v) is 6.93. The van der Waals surface area contributed by atoms with Gasteiger partial charge in [0.2, 0.25) is 0 Å². The molecule has 6 heteroatoms. The Kier molecular flexibility index (Phi) is 5.06. The molecule has 0 aliphatic rings. The molecule has 3 N–H and O–H groups in total. The zero-order chi connectivity index (χ0) is 16.1. The molecule has 2 rings (SSSR count). The lowest BCUT2D eigenvalue weighted by atomic mass is 10.1. The van der Waals surface area contributed by atoms with E-state index in [1.165, 1.54) is 0 Å². The average Bonchev–Trinajstić information content (AvgIpc) is 2.89. The molecule has 0 bridgehead atoms. The molecule has 0 saturated heterocycles. The van der Waals surface area contributed by atoms with Gasteiger partial charge in [-0.2, -0.15) is 0 Å². The van der Waals surface area contributed by atoms with Crippen LogP contribution >= 0.6 is 0 Å². The number of aryl methyl sites for hydroxylation is 1. The zero-order valence-electron chi connectivity index (χ0n) is 13.1. The van der Waals surface area contributed by atoms with Crippen molar-refractivity contribution in [2.45, 2.75) is 0 Å². The highest BCUT2D eigenvalue weighted by Crippen LogP contribution is 2.28. The second-order valence-corrected chi connectivity index (χ2v) is 4.97. The van der Waals surface area contributed by atoms with Gasteiger partial charge in [-0.05, 0) is 23.8 Å². The third-order valence-corrected chi connectivity index (χ3v) is 3.33. The number of anilines is 1. The highest BCUT2D eigenvalue weighted by Gasteiger charge is 2.13. The van der Waals surface area contributed by atoms with Gasteiger partial charge >= 0.3 is 0 Å². The standard InChI is InChI=1S/C16H21N3O3/c1-19-10-12(8-15(19)16(20)18-4-5-21-2)11-6-13(17)9-14(7-11)22-3/h6-10H,4-5,17H2,1-3H3,(H,18,20). The van der Waals surface area contributed by atoms with Crippen LogP contribution in [0.1, 0.15) is 10.5 Å². The molecule has 6 nitrogen and oxygen atoms in total. The smallest absolute Gasteiger partial charge is 0.267 e. The summed E-state index contributed by atoms with van der Waals surface area (Å²) in [5, 5.41) is 2.81. The summed E-state index contributed by atoms with van der Waals surface area (Å²) in [4.78, 5) is 12.1. The number of aromatic nitrogens is 1. The van der Waals surface area contributed by atoms with E-state index in [4.69, 9.17) is 15.2 Å². The molecule has 22 heavy (non-hydrogen) atoms. The van der Waals surface area contributed by atoms with Gasteiger partial charge in [0.15, 0.2) is 0 Å². The molecule has 1 aromatic carbocycles. The molecule has 0 spiro atoms. The number of ether oxygens (including phenoxy) is 2. The number of nitrogens with zero attached hydrogens (tertiary/aromatic N) is 1. The van der Waals surface area contributed by atoms with Crippen molar-refractivity contribution in [3.05, 3.63) is 36.2 Å². The Bertz CT molecular complexity index is 665. The molecule has 0 saturated carbocycles. The molecule has 0 unspecified atom stereocenters. The van der Waals surface area contributed by atoms with Crippen LogP contribution < -0.4 is 15.8 Å². The fourth-order valence-electron chi connectivity index (χ4n) is 2.21. The molecule has 1 aromatic heterocycles. The SMILES string of the molecule is COCCNC(=O)c1cc(-c2cc(N)cc(OC)c2)cn1C. The number of carbonyl (C=O) groups is 1. The summed E-state index contributed by atoms with van der Waals surface area (Å²) in [6.45, 7) is 0.956. The summed E-state index contributed by atoms with van der Waals surface area (Å²) in [5.41, 5.74) is 8.88. The Labute approximate surface area is 129 Å². The van der Waals surface area contributed by atoms with Gasteiger partial charge in [0.05, 0.1) is 13.7 Å². The number of carbonyl (C=O) groups excluding carboxylic acids is 1. The van der Waals surface area contributed by atoms with Crippen LogP contribution in [0.3, 0.4) is 0 Å². The molecule has 0 aliphatic heterocycles. The van der Waals surface area contributed by atoms with Crippen LogP contribution in [0.2, 0.25) is 0 Å². The van der Waals surface area contributed by atoms with Crippen molar-refractivity contribution in [3.8, 4) is 16.9 Å². The Morgan fingerprint density at radius 3 is 2.68 bits per heavy atom. The molecular weight excluding hydrogens is 282 g/mol. The molecule has 118 valence electrons. The first-order valence-electron chi connectivity index (χ1n) is 6.93. The quantitative estimate of drug-likeness (QED) is 0.628. The van der Waals surface area contributed by atoms with E-state index in [0.29, 0.717) is 30.3 Å². The number of hydrogen-bond donors (Lipinski definition) is 2. The Morgan fingerprint density at radius 1 is 1.23 bits per heavy atom. The molecule has 1 amide bonds. The summed E-state index contributed by atoms with van der Waals surface area (Å²) < 4.78 is 11.9. The van der Waals surface area contributed by atoms with Crippen LogP contribution in [0, 0.1) is 0 Å². The van der Waals surface area contributed by atoms with Crippen molar-refractivity contribution in [1.82, 2.24) is 9.88 Å². The van der Waals surface area contributed by atoms with Gasteiger partial charge in [-0.1, -0.05) is 0 Å². The third kappa shape index (κ3) is 3.59. The second-order valence-electron chi connectivity index (χ2n) is 4.97. The predicted octanol–water partition coefficient (Wildman–Crippen LogP) is 1.66. The third-order valence-electron chi connectivity index (χ3n) is 3.33. The van der Waals surface area contributed by atoms with Crippen LogP contribution in [-0.2, 0) is 11.8 Å². The molecule has 0 atom stereocenters. The number of hydrogen-bond acceptors (Lipinski definition) is 4. The fourth-order valence-corrected chi connectivity index (χ4v) is 2.21. The zero-order valence-corrected chi connectivity index (χ0v) is 13.1. The van der Waals surface area contributed by atoms with E-state index < -0.39 is 0 Å². The van der Waals surface area contributed by atoms with Gasteiger partial charge in [-0.3, -0.25) is 4.79 Å². The lowest BCUT2D eigenvalue weighted by molar-refractivity contribution is 0.0929. The predicted molar refractivity (Wildman–Crippen MR) is 86.0 cm³/mol. The van der Waals surface area contributed by atoms with Gasteiger partial charge in [-0.15, -0.1) is 0 Å². The molecule has 2 aromatic rings. The molecule has 0 fully saturated rings. The molecule has 0 radical (unpaired) electrons. The van der Waals surface area contributed by atoms with Gasteiger partial charge in [0.25, 0.3) is 5.91 Å². The van der Waals surface area contributed by atoms with Crippen molar-refractivity contribution < 1.29 is 14.3 Å². The van der Waals surface area contributed by atoms with Crippen molar-refractivity contribution in [1.29, 1.82) is 0 Å². The normalized spacial score (nSPS) is 10.5. The van der Waals surface area contributed by atoms with Crippen LogP contribution in [0.4, 0.5) is 5.69 Å². The van der Waals surface area contributed by atoms with Gasteiger partial charge < -0.3 is 25.1 Å². The first kappa shape index (κ1) is 15.9. The number of nitrogen functional groups attached to an aromatic ring is 1.